The number of aldehydes is 1. The molecule has 5 aromatic rings. The maximum atomic E-state index is 13.4. The first-order chi connectivity index (χ1) is 20.2. The summed E-state index contributed by atoms with van der Waals surface area (Å²) in [5, 5.41) is 10.5. The molecule has 2 N–H and O–H groups in total. The summed E-state index contributed by atoms with van der Waals surface area (Å²) in [6, 6.07) is 14.2. The standard InChI is InChI=1S/C29H21ClFN3O5.C2H7N/c1-15-32-28(39-34-15)29(9-10-29)33-27(36)21-12-19(23(30)13-25(21)37-2)17-5-8-24-20(11-17)22(14-35)26(38-24)16-3-6-18(31)7-4-16;1-3-2/h3-8,11-14H,9-10H2,1-2H3,(H,33,36);3H,1-2H3. The second-order valence-electron chi connectivity index (χ2n) is 9.90. The molecule has 1 aliphatic carbocycles. The van der Waals surface area contributed by atoms with Crippen molar-refractivity contribution in [2.45, 2.75) is 25.3 Å². The highest BCUT2D eigenvalue weighted by Gasteiger charge is 2.51. The molecule has 42 heavy (non-hydrogen) atoms. The van der Waals surface area contributed by atoms with Crippen molar-refractivity contribution in [1.82, 2.24) is 20.8 Å². The molecule has 1 amide bonds. The smallest absolute Gasteiger partial charge is 0.255 e. The third-order valence-corrected chi connectivity index (χ3v) is 7.15. The molecular formula is C31H28ClFN4O5. The molecule has 11 heteroatoms. The Labute approximate surface area is 246 Å². The van der Waals surface area contributed by atoms with E-state index in [0.29, 0.717) is 80.6 Å². The van der Waals surface area contributed by atoms with Gasteiger partial charge < -0.3 is 24.3 Å². The van der Waals surface area contributed by atoms with Crippen molar-refractivity contribution >= 4 is 34.8 Å². The number of fused-ring (bicyclic) bond motifs is 1. The molecule has 3 aromatic carbocycles. The van der Waals surface area contributed by atoms with Crippen LogP contribution in [-0.2, 0) is 5.54 Å². The molecule has 1 fully saturated rings. The number of nitrogens with zero attached hydrogens (tertiary/aromatic N) is 2. The lowest BCUT2D eigenvalue weighted by atomic mass is 9.98. The Balaban J connectivity index is 0.00000113. The van der Waals surface area contributed by atoms with Crippen molar-refractivity contribution in [2.75, 3.05) is 21.2 Å². The molecule has 1 aliphatic rings. The van der Waals surface area contributed by atoms with Crippen LogP contribution in [0.3, 0.4) is 0 Å². The fourth-order valence-corrected chi connectivity index (χ4v) is 4.90. The number of methoxy groups -OCH3 is 1. The molecule has 0 unspecified atom stereocenters. The van der Waals surface area contributed by atoms with Gasteiger partial charge >= 0.3 is 0 Å². The molecular weight excluding hydrogens is 563 g/mol. The van der Waals surface area contributed by atoms with Gasteiger partial charge in [-0.3, -0.25) is 9.59 Å². The molecule has 6 rings (SSSR count). The Morgan fingerprint density at radius 2 is 1.79 bits per heavy atom. The monoisotopic (exact) mass is 590 g/mol. The molecule has 0 bridgehead atoms. The van der Waals surface area contributed by atoms with Crippen molar-refractivity contribution < 1.29 is 27.7 Å². The van der Waals surface area contributed by atoms with Crippen molar-refractivity contribution in [3.8, 4) is 28.2 Å². The maximum absolute atomic E-state index is 13.4. The molecule has 0 spiro atoms. The summed E-state index contributed by atoms with van der Waals surface area (Å²) in [5.41, 5.74) is 2.16. The van der Waals surface area contributed by atoms with Crippen LogP contribution in [0.25, 0.3) is 33.4 Å². The third-order valence-electron chi connectivity index (χ3n) is 6.84. The number of furan rings is 1. The number of hydrogen-bond acceptors (Lipinski definition) is 8. The van der Waals surface area contributed by atoms with Crippen LogP contribution in [-0.4, -0.2) is 43.5 Å². The first-order valence-corrected chi connectivity index (χ1v) is 13.5. The fourth-order valence-electron chi connectivity index (χ4n) is 4.63. The lowest BCUT2D eigenvalue weighted by molar-refractivity contribution is 0.0917. The topological polar surface area (TPSA) is 119 Å². The van der Waals surface area contributed by atoms with E-state index in [1.54, 1.807) is 49.4 Å². The Bertz CT molecular complexity index is 1780. The van der Waals surface area contributed by atoms with Crippen LogP contribution in [0.4, 0.5) is 4.39 Å². The van der Waals surface area contributed by atoms with E-state index >= 15 is 0 Å². The molecule has 9 nitrogen and oxygen atoms in total. The Morgan fingerprint density at radius 3 is 2.38 bits per heavy atom. The van der Waals surface area contributed by atoms with Crippen LogP contribution in [0.15, 0.2) is 63.5 Å². The number of aryl methyl sites for hydroxylation is 1. The Morgan fingerprint density at radius 1 is 1.10 bits per heavy atom. The minimum Gasteiger partial charge on any atom is -0.496 e. The number of hydrogen-bond donors (Lipinski definition) is 2. The molecule has 0 aliphatic heterocycles. The Hall–Kier alpha value is -4.54. The second kappa shape index (κ2) is 11.8. The van der Waals surface area contributed by atoms with Gasteiger partial charge in [-0.25, -0.2) is 4.39 Å². The van der Waals surface area contributed by atoms with Crippen LogP contribution in [0, 0.1) is 12.7 Å². The number of benzene rings is 3. The number of rotatable bonds is 7. The SMILES string of the molecule is CNC.COc1cc(Cl)c(-c2ccc3oc(-c4ccc(F)cc4)c(C=O)c3c2)cc1C(=O)NC1(c2nc(C)no2)CC1. The van der Waals surface area contributed by atoms with E-state index in [1.807, 2.05) is 14.1 Å². The average Bonchev–Trinajstić information content (AvgIpc) is 3.46. The summed E-state index contributed by atoms with van der Waals surface area (Å²) in [6.45, 7) is 1.72. The van der Waals surface area contributed by atoms with Crippen molar-refractivity contribution in [3.05, 3.63) is 88.3 Å². The van der Waals surface area contributed by atoms with E-state index < -0.39 is 11.4 Å². The van der Waals surface area contributed by atoms with Crippen LogP contribution in [0.1, 0.15) is 45.3 Å². The molecule has 0 radical (unpaired) electrons. The second-order valence-corrected chi connectivity index (χ2v) is 10.3. The zero-order valence-electron chi connectivity index (χ0n) is 23.4. The lowest BCUT2D eigenvalue weighted by Gasteiger charge is -2.16. The molecule has 0 saturated heterocycles. The summed E-state index contributed by atoms with van der Waals surface area (Å²) < 4.78 is 30.2. The van der Waals surface area contributed by atoms with Crippen LogP contribution < -0.4 is 15.4 Å². The summed E-state index contributed by atoms with van der Waals surface area (Å²) in [4.78, 5) is 29.8. The fraction of sp³-hybridized carbons (Fsp3) is 0.226. The minimum absolute atomic E-state index is 0.273. The third kappa shape index (κ3) is 5.50. The highest BCUT2D eigenvalue weighted by molar-refractivity contribution is 6.33. The zero-order valence-corrected chi connectivity index (χ0v) is 24.1. The molecule has 1 saturated carbocycles. The van der Waals surface area contributed by atoms with Gasteiger partial charge in [0.05, 0.1) is 23.3 Å². The van der Waals surface area contributed by atoms with Crippen molar-refractivity contribution in [2.24, 2.45) is 0 Å². The first kappa shape index (κ1) is 29.0. The van der Waals surface area contributed by atoms with Crippen LogP contribution in [0.2, 0.25) is 5.02 Å². The molecule has 2 heterocycles. The van der Waals surface area contributed by atoms with Gasteiger partial charge in [0.2, 0.25) is 0 Å². The van der Waals surface area contributed by atoms with Gasteiger partial charge in [-0.1, -0.05) is 22.8 Å². The van der Waals surface area contributed by atoms with Gasteiger partial charge in [0, 0.05) is 22.6 Å². The number of ether oxygens (including phenoxy) is 1. The number of carbonyl (C=O) groups excluding carboxylic acids is 2. The quantitative estimate of drug-likeness (QED) is 0.211. The van der Waals surface area contributed by atoms with Crippen molar-refractivity contribution in [1.29, 1.82) is 0 Å². The van der Waals surface area contributed by atoms with E-state index in [9.17, 15) is 14.0 Å². The highest BCUT2D eigenvalue weighted by atomic mass is 35.5. The first-order valence-electron chi connectivity index (χ1n) is 13.1. The Kier molecular flexibility index (Phi) is 8.11. The van der Waals surface area contributed by atoms with Gasteiger partial charge in [-0.2, -0.15) is 4.98 Å². The van der Waals surface area contributed by atoms with E-state index in [1.165, 1.54) is 19.2 Å². The maximum Gasteiger partial charge on any atom is 0.255 e. The molecule has 2 aromatic heterocycles. The molecule has 0 atom stereocenters. The number of carbonyl (C=O) groups is 2. The van der Waals surface area contributed by atoms with E-state index in [4.69, 9.17) is 25.3 Å². The largest absolute Gasteiger partial charge is 0.496 e. The highest BCUT2D eigenvalue weighted by Crippen LogP contribution is 2.45. The van der Waals surface area contributed by atoms with Gasteiger partial charge in [-0.05, 0) is 81.9 Å². The van der Waals surface area contributed by atoms with E-state index in [0.717, 1.165) is 0 Å². The lowest BCUT2D eigenvalue weighted by Crippen LogP contribution is -2.35. The van der Waals surface area contributed by atoms with Crippen molar-refractivity contribution in [3.63, 3.8) is 0 Å². The predicted molar refractivity (Wildman–Crippen MR) is 156 cm³/mol. The predicted octanol–water partition coefficient (Wildman–Crippen LogP) is 6.33. The number of aromatic nitrogens is 2. The zero-order chi connectivity index (χ0) is 30.0. The van der Waals surface area contributed by atoms with Gasteiger partial charge in [0.25, 0.3) is 11.8 Å². The van der Waals surface area contributed by atoms with E-state index in [-0.39, 0.29) is 11.5 Å². The van der Waals surface area contributed by atoms with Gasteiger partial charge in [0.15, 0.2) is 12.1 Å². The number of halogens is 2. The van der Waals surface area contributed by atoms with Gasteiger partial charge in [0.1, 0.15) is 28.4 Å². The number of amides is 1. The minimum atomic E-state index is -0.714. The number of nitrogens with one attached hydrogen (secondary N) is 2. The van der Waals surface area contributed by atoms with Crippen LogP contribution in [0.5, 0.6) is 5.75 Å². The summed E-state index contributed by atoms with van der Waals surface area (Å²) >= 11 is 6.63. The summed E-state index contributed by atoms with van der Waals surface area (Å²) in [5.74, 6) is 0.724. The van der Waals surface area contributed by atoms with Gasteiger partial charge in [-0.15, -0.1) is 0 Å². The van der Waals surface area contributed by atoms with Crippen LogP contribution >= 0.6 is 11.6 Å². The summed E-state index contributed by atoms with van der Waals surface area (Å²) in [6.07, 6.45) is 2.05. The average molecular weight is 591 g/mol. The molecule has 216 valence electrons. The van der Waals surface area contributed by atoms with E-state index in [2.05, 4.69) is 20.8 Å². The summed E-state index contributed by atoms with van der Waals surface area (Å²) in [7, 11) is 5.21. The normalized spacial score (nSPS) is 13.3.